The minimum Gasteiger partial charge on any atom is -0.455 e. The SMILES string of the molecule is Cc1nc2ncnn2c(C)c1CC(=O)OCC(=O)NC(=O)NCC(C)C. The van der Waals surface area contributed by atoms with Crippen LogP contribution in [-0.2, 0) is 20.7 Å². The van der Waals surface area contributed by atoms with Crippen molar-refractivity contribution in [3.05, 3.63) is 23.3 Å². The van der Waals surface area contributed by atoms with Gasteiger partial charge in [0, 0.05) is 23.5 Å². The summed E-state index contributed by atoms with van der Waals surface area (Å²) in [5, 5.41) is 8.68. The number of nitrogens with one attached hydrogen (secondary N) is 2. The molecule has 10 heteroatoms. The smallest absolute Gasteiger partial charge is 0.321 e. The molecule has 0 saturated heterocycles. The third kappa shape index (κ3) is 4.98. The summed E-state index contributed by atoms with van der Waals surface area (Å²) in [6.07, 6.45) is 1.32. The predicted octanol–water partition coefficient (Wildman–Crippen LogP) is 0.309. The summed E-state index contributed by atoms with van der Waals surface area (Å²) in [7, 11) is 0. The molecule has 0 saturated carbocycles. The fraction of sp³-hybridized carbons (Fsp3) is 0.500. The van der Waals surface area contributed by atoms with Crippen LogP contribution in [0.15, 0.2) is 6.33 Å². The molecule has 0 aliphatic heterocycles. The Balaban J connectivity index is 1.87. The molecule has 26 heavy (non-hydrogen) atoms. The van der Waals surface area contributed by atoms with E-state index in [0.29, 0.717) is 23.6 Å². The van der Waals surface area contributed by atoms with Gasteiger partial charge in [-0.15, -0.1) is 0 Å². The first kappa shape index (κ1) is 19.3. The Hall–Kier alpha value is -3.04. The Morgan fingerprint density at radius 3 is 2.69 bits per heavy atom. The summed E-state index contributed by atoms with van der Waals surface area (Å²) < 4.78 is 6.46. The van der Waals surface area contributed by atoms with Crippen molar-refractivity contribution in [3.63, 3.8) is 0 Å². The van der Waals surface area contributed by atoms with Crippen molar-refractivity contribution in [2.24, 2.45) is 5.92 Å². The molecule has 10 nitrogen and oxygen atoms in total. The molecule has 0 bridgehead atoms. The van der Waals surface area contributed by atoms with Crippen LogP contribution in [0, 0.1) is 19.8 Å². The number of esters is 1. The largest absolute Gasteiger partial charge is 0.455 e. The van der Waals surface area contributed by atoms with Crippen molar-refractivity contribution in [2.45, 2.75) is 34.1 Å². The second kappa shape index (κ2) is 8.37. The first-order chi connectivity index (χ1) is 12.3. The van der Waals surface area contributed by atoms with Crippen molar-refractivity contribution in [3.8, 4) is 0 Å². The van der Waals surface area contributed by atoms with Crippen molar-refractivity contribution in [2.75, 3.05) is 13.2 Å². The number of hydrogen-bond donors (Lipinski definition) is 2. The number of amides is 3. The van der Waals surface area contributed by atoms with Crippen molar-refractivity contribution >= 4 is 23.7 Å². The van der Waals surface area contributed by atoms with Gasteiger partial charge in [-0.05, 0) is 19.8 Å². The molecular formula is C16H22N6O4. The van der Waals surface area contributed by atoms with Gasteiger partial charge in [0.2, 0.25) is 0 Å². The van der Waals surface area contributed by atoms with Crippen molar-refractivity contribution < 1.29 is 19.1 Å². The number of hydrogen-bond acceptors (Lipinski definition) is 7. The van der Waals surface area contributed by atoms with Gasteiger partial charge < -0.3 is 10.1 Å². The van der Waals surface area contributed by atoms with Crippen LogP contribution in [0.1, 0.15) is 30.8 Å². The number of carbonyl (C=O) groups is 3. The number of imide groups is 1. The summed E-state index contributed by atoms with van der Waals surface area (Å²) in [6.45, 7) is 7.32. The second-order valence-corrected chi connectivity index (χ2v) is 6.22. The van der Waals surface area contributed by atoms with Crippen LogP contribution in [0.5, 0.6) is 0 Å². The summed E-state index contributed by atoms with van der Waals surface area (Å²) in [6, 6.07) is -0.618. The molecule has 0 aromatic carbocycles. The van der Waals surface area contributed by atoms with E-state index >= 15 is 0 Å². The van der Waals surface area contributed by atoms with Crippen LogP contribution in [0.2, 0.25) is 0 Å². The normalized spacial score (nSPS) is 10.8. The quantitative estimate of drug-likeness (QED) is 0.708. The van der Waals surface area contributed by atoms with E-state index in [0.717, 1.165) is 5.69 Å². The number of carbonyl (C=O) groups excluding carboxylic acids is 3. The van der Waals surface area contributed by atoms with Crippen LogP contribution < -0.4 is 10.6 Å². The minimum atomic E-state index is -0.696. The molecule has 0 spiro atoms. The Bertz CT molecular complexity index is 829. The zero-order valence-electron chi connectivity index (χ0n) is 15.2. The Morgan fingerprint density at radius 2 is 2.00 bits per heavy atom. The van der Waals surface area contributed by atoms with E-state index in [4.69, 9.17) is 4.74 Å². The van der Waals surface area contributed by atoms with Gasteiger partial charge in [-0.2, -0.15) is 10.1 Å². The van der Waals surface area contributed by atoms with Gasteiger partial charge in [0.15, 0.2) is 6.61 Å². The fourth-order valence-electron chi connectivity index (χ4n) is 2.26. The topological polar surface area (TPSA) is 128 Å². The molecule has 0 unspecified atom stereocenters. The van der Waals surface area contributed by atoms with Crippen molar-refractivity contribution in [1.29, 1.82) is 0 Å². The average Bonchev–Trinajstić information content (AvgIpc) is 3.03. The lowest BCUT2D eigenvalue weighted by Crippen LogP contribution is -2.42. The number of aromatic nitrogens is 4. The van der Waals surface area contributed by atoms with Gasteiger partial charge in [0.05, 0.1) is 6.42 Å². The summed E-state index contributed by atoms with van der Waals surface area (Å²) in [4.78, 5) is 43.4. The van der Waals surface area contributed by atoms with E-state index in [-0.39, 0.29) is 12.3 Å². The molecule has 2 aromatic heterocycles. The van der Waals surface area contributed by atoms with Gasteiger partial charge in [-0.25, -0.2) is 14.3 Å². The average molecular weight is 362 g/mol. The van der Waals surface area contributed by atoms with Crippen molar-refractivity contribution in [1.82, 2.24) is 30.2 Å². The first-order valence-electron chi connectivity index (χ1n) is 8.17. The number of rotatable bonds is 6. The fourth-order valence-corrected chi connectivity index (χ4v) is 2.26. The molecule has 3 amide bonds. The lowest BCUT2D eigenvalue weighted by atomic mass is 10.1. The van der Waals surface area contributed by atoms with Crippen LogP contribution in [0.25, 0.3) is 5.78 Å². The Morgan fingerprint density at radius 1 is 1.27 bits per heavy atom. The first-order valence-corrected chi connectivity index (χ1v) is 8.17. The van der Waals surface area contributed by atoms with Crippen LogP contribution in [0.4, 0.5) is 4.79 Å². The number of urea groups is 1. The third-order valence-corrected chi connectivity index (χ3v) is 3.60. The molecule has 2 aromatic rings. The van der Waals surface area contributed by atoms with Gasteiger partial charge in [-0.1, -0.05) is 13.8 Å². The molecule has 0 fully saturated rings. The lowest BCUT2D eigenvalue weighted by Gasteiger charge is -2.11. The van der Waals surface area contributed by atoms with Gasteiger partial charge in [-0.3, -0.25) is 14.9 Å². The van der Waals surface area contributed by atoms with Gasteiger partial charge in [0.1, 0.15) is 6.33 Å². The lowest BCUT2D eigenvalue weighted by molar-refractivity contribution is -0.147. The van der Waals surface area contributed by atoms with E-state index in [9.17, 15) is 14.4 Å². The zero-order chi connectivity index (χ0) is 19.3. The predicted molar refractivity (Wildman–Crippen MR) is 91.3 cm³/mol. The standard InChI is InChI=1S/C16H22N6O4/c1-9(2)6-17-16(25)21-13(23)7-26-14(24)5-12-10(3)20-15-18-8-19-22(15)11(12)4/h8-9H,5-7H2,1-4H3,(H2,17,21,23,25). The molecule has 140 valence electrons. The number of nitrogens with zero attached hydrogens (tertiary/aromatic N) is 4. The maximum absolute atomic E-state index is 12.0. The molecule has 2 rings (SSSR count). The van der Waals surface area contributed by atoms with E-state index in [1.54, 1.807) is 13.8 Å². The van der Waals surface area contributed by atoms with E-state index in [2.05, 4.69) is 25.7 Å². The summed E-state index contributed by atoms with van der Waals surface area (Å²) in [5.41, 5.74) is 2.01. The van der Waals surface area contributed by atoms with Crippen LogP contribution in [0.3, 0.4) is 0 Å². The number of fused-ring (bicyclic) bond motifs is 1. The monoisotopic (exact) mass is 362 g/mol. The molecular weight excluding hydrogens is 340 g/mol. The molecule has 0 aliphatic carbocycles. The highest BCUT2D eigenvalue weighted by molar-refractivity contribution is 5.95. The molecule has 0 radical (unpaired) electrons. The van der Waals surface area contributed by atoms with Gasteiger partial charge >= 0.3 is 12.0 Å². The molecule has 2 heterocycles. The number of ether oxygens (including phenoxy) is 1. The Kier molecular flexibility index (Phi) is 6.21. The highest BCUT2D eigenvalue weighted by Crippen LogP contribution is 2.14. The maximum atomic E-state index is 12.0. The zero-order valence-corrected chi connectivity index (χ0v) is 15.2. The summed E-state index contributed by atoms with van der Waals surface area (Å²) in [5.74, 6) is -0.590. The molecule has 0 aliphatic rings. The third-order valence-electron chi connectivity index (χ3n) is 3.60. The highest BCUT2D eigenvalue weighted by Gasteiger charge is 2.16. The number of aryl methyl sites for hydroxylation is 2. The highest BCUT2D eigenvalue weighted by atomic mass is 16.5. The van der Waals surface area contributed by atoms with E-state index in [1.807, 2.05) is 13.8 Å². The molecule has 2 N–H and O–H groups in total. The van der Waals surface area contributed by atoms with E-state index < -0.39 is 24.5 Å². The molecule has 0 atom stereocenters. The van der Waals surface area contributed by atoms with Gasteiger partial charge in [0.25, 0.3) is 11.7 Å². The maximum Gasteiger partial charge on any atom is 0.321 e. The second-order valence-electron chi connectivity index (χ2n) is 6.22. The van der Waals surface area contributed by atoms with Crippen LogP contribution >= 0.6 is 0 Å². The Labute approximate surface area is 150 Å². The van der Waals surface area contributed by atoms with Crippen LogP contribution in [-0.4, -0.2) is 50.6 Å². The minimum absolute atomic E-state index is 0.0622. The van der Waals surface area contributed by atoms with E-state index in [1.165, 1.54) is 10.8 Å². The summed E-state index contributed by atoms with van der Waals surface area (Å²) >= 11 is 0.